The molecule has 1 heterocycles. The molecule has 1 aliphatic heterocycles. The Bertz CT molecular complexity index is 366. The van der Waals surface area contributed by atoms with E-state index in [2.05, 4.69) is 13.2 Å². The van der Waals surface area contributed by atoms with Gasteiger partial charge in [0.2, 0.25) is 0 Å². The zero-order valence-electron chi connectivity index (χ0n) is 10.3. The summed E-state index contributed by atoms with van der Waals surface area (Å²) in [6.07, 6.45) is 9.90. The van der Waals surface area contributed by atoms with Crippen molar-refractivity contribution in [3.05, 3.63) is 48.9 Å². The van der Waals surface area contributed by atoms with Gasteiger partial charge in [0, 0.05) is 24.9 Å². The molecule has 0 saturated heterocycles. The van der Waals surface area contributed by atoms with E-state index in [1.54, 1.807) is 0 Å². The molecule has 3 nitrogen and oxygen atoms in total. The van der Waals surface area contributed by atoms with E-state index in [0.29, 0.717) is 13.0 Å². The lowest BCUT2D eigenvalue weighted by Gasteiger charge is -2.27. The summed E-state index contributed by atoms with van der Waals surface area (Å²) < 4.78 is 4.82. The molecule has 0 aliphatic carbocycles. The van der Waals surface area contributed by atoms with Crippen LogP contribution < -0.4 is 0 Å². The third-order valence-electron chi connectivity index (χ3n) is 2.65. The van der Waals surface area contributed by atoms with Gasteiger partial charge in [0.1, 0.15) is 0 Å². The Morgan fingerprint density at radius 3 is 2.88 bits per heavy atom. The molecule has 0 fully saturated rings. The Morgan fingerprint density at radius 1 is 1.53 bits per heavy atom. The molecular formula is C14H19NO2. The largest absolute Gasteiger partial charge is 0.466 e. The molecule has 0 aromatic rings. The minimum absolute atomic E-state index is 0.248. The van der Waals surface area contributed by atoms with Gasteiger partial charge in [0.05, 0.1) is 12.7 Å². The minimum atomic E-state index is -0.248. The van der Waals surface area contributed by atoms with Crippen LogP contribution in [0.5, 0.6) is 0 Å². The normalized spacial score (nSPS) is 14.8. The predicted octanol–water partition coefficient (Wildman–Crippen LogP) is 2.79. The van der Waals surface area contributed by atoms with Crippen LogP contribution in [0.25, 0.3) is 0 Å². The van der Waals surface area contributed by atoms with Crippen LogP contribution in [0, 0.1) is 0 Å². The van der Waals surface area contributed by atoms with Crippen LogP contribution in [0.3, 0.4) is 0 Å². The maximum Gasteiger partial charge on any atom is 0.335 e. The van der Waals surface area contributed by atoms with E-state index in [9.17, 15) is 4.79 Å². The number of carbonyl (C=O) groups is 1. The zero-order valence-corrected chi connectivity index (χ0v) is 10.3. The number of hydrogen-bond donors (Lipinski definition) is 0. The van der Waals surface area contributed by atoms with Crippen molar-refractivity contribution < 1.29 is 9.53 Å². The van der Waals surface area contributed by atoms with E-state index in [1.165, 1.54) is 7.11 Å². The molecule has 0 N–H and O–H groups in total. The summed E-state index contributed by atoms with van der Waals surface area (Å²) >= 11 is 0. The number of ether oxygens (including phenoxy) is 1. The van der Waals surface area contributed by atoms with Gasteiger partial charge in [0.15, 0.2) is 0 Å². The first-order valence-electron chi connectivity index (χ1n) is 5.70. The fraction of sp³-hybridized carbons (Fsp3) is 0.357. The number of rotatable bonds is 6. The Hall–Kier alpha value is -1.77. The SMILES string of the molecule is C=CCCC1=C(C(=O)OC)CC=CN1CC=C. The van der Waals surface area contributed by atoms with Crippen LogP contribution in [-0.4, -0.2) is 24.5 Å². The number of carbonyl (C=O) groups excluding carboxylic acids is 1. The smallest absolute Gasteiger partial charge is 0.335 e. The zero-order chi connectivity index (χ0) is 12.7. The lowest BCUT2D eigenvalue weighted by atomic mass is 10.0. The first-order chi connectivity index (χ1) is 8.24. The quantitative estimate of drug-likeness (QED) is 0.522. The molecule has 1 rings (SSSR count). The van der Waals surface area contributed by atoms with E-state index in [1.807, 2.05) is 29.3 Å². The van der Waals surface area contributed by atoms with Gasteiger partial charge in [-0.2, -0.15) is 0 Å². The third kappa shape index (κ3) is 3.34. The molecule has 0 radical (unpaired) electrons. The Balaban J connectivity index is 2.98. The van der Waals surface area contributed by atoms with E-state index >= 15 is 0 Å². The van der Waals surface area contributed by atoms with Gasteiger partial charge in [0.25, 0.3) is 0 Å². The summed E-state index contributed by atoms with van der Waals surface area (Å²) in [6, 6.07) is 0. The highest BCUT2D eigenvalue weighted by atomic mass is 16.5. The predicted molar refractivity (Wildman–Crippen MR) is 69.1 cm³/mol. The second kappa shape index (κ2) is 6.74. The summed E-state index contributed by atoms with van der Waals surface area (Å²) in [5, 5.41) is 0. The van der Waals surface area contributed by atoms with E-state index in [0.717, 1.165) is 24.1 Å². The molecule has 0 bridgehead atoms. The molecule has 92 valence electrons. The maximum atomic E-state index is 11.7. The molecule has 3 heteroatoms. The summed E-state index contributed by atoms with van der Waals surface area (Å²) in [7, 11) is 1.41. The van der Waals surface area contributed by atoms with Crippen LogP contribution in [0.1, 0.15) is 19.3 Å². The van der Waals surface area contributed by atoms with Crippen LogP contribution in [0.4, 0.5) is 0 Å². The van der Waals surface area contributed by atoms with Crippen LogP contribution in [-0.2, 0) is 9.53 Å². The highest BCUT2D eigenvalue weighted by Crippen LogP contribution is 2.25. The molecule has 0 unspecified atom stereocenters. The van der Waals surface area contributed by atoms with E-state index in [4.69, 9.17) is 4.74 Å². The molecule has 1 aliphatic rings. The number of nitrogens with zero attached hydrogens (tertiary/aromatic N) is 1. The second-order valence-corrected chi connectivity index (χ2v) is 3.77. The van der Waals surface area contributed by atoms with Gasteiger partial charge >= 0.3 is 5.97 Å². The van der Waals surface area contributed by atoms with Gasteiger partial charge in [-0.25, -0.2) is 4.79 Å². The highest BCUT2D eigenvalue weighted by Gasteiger charge is 2.20. The standard InChI is InChI=1S/C14H19NO2/c1-4-6-9-13-12(14(16)17-3)8-7-11-15(13)10-5-2/h4-5,7,11H,1-2,6,8-10H2,3H3. The number of hydrogen-bond acceptors (Lipinski definition) is 3. The fourth-order valence-electron chi connectivity index (χ4n) is 1.85. The summed E-state index contributed by atoms with van der Waals surface area (Å²) in [5.74, 6) is -0.248. The van der Waals surface area contributed by atoms with Crippen LogP contribution in [0.15, 0.2) is 48.9 Å². The van der Waals surface area contributed by atoms with E-state index < -0.39 is 0 Å². The van der Waals surface area contributed by atoms with Gasteiger partial charge in [-0.05, 0) is 12.8 Å². The van der Waals surface area contributed by atoms with Crippen molar-refractivity contribution >= 4 is 5.97 Å². The molecule has 0 saturated carbocycles. The topological polar surface area (TPSA) is 29.5 Å². The lowest BCUT2D eigenvalue weighted by Crippen LogP contribution is -2.24. The Morgan fingerprint density at radius 2 is 2.29 bits per heavy atom. The van der Waals surface area contributed by atoms with Crippen molar-refractivity contribution in [3.63, 3.8) is 0 Å². The molecular weight excluding hydrogens is 214 g/mol. The van der Waals surface area contributed by atoms with Crippen molar-refractivity contribution in [2.24, 2.45) is 0 Å². The second-order valence-electron chi connectivity index (χ2n) is 3.77. The molecule has 0 atom stereocenters. The molecule has 0 aromatic carbocycles. The first kappa shape index (κ1) is 13.3. The summed E-state index contributed by atoms with van der Waals surface area (Å²) in [4.78, 5) is 13.7. The molecule has 0 aromatic heterocycles. The Kier molecular flexibility index (Phi) is 5.27. The van der Waals surface area contributed by atoms with Gasteiger partial charge in [-0.1, -0.05) is 18.2 Å². The van der Waals surface area contributed by atoms with Crippen LogP contribution >= 0.6 is 0 Å². The number of methoxy groups -OCH3 is 1. The molecule has 17 heavy (non-hydrogen) atoms. The molecule has 0 amide bonds. The van der Waals surface area contributed by atoms with E-state index in [-0.39, 0.29) is 5.97 Å². The highest BCUT2D eigenvalue weighted by molar-refractivity contribution is 5.89. The van der Waals surface area contributed by atoms with Gasteiger partial charge in [-0.15, -0.1) is 13.2 Å². The molecule has 0 spiro atoms. The van der Waals surface area contributed by atoms with Crippen molar-refractivity contribution in [3.8, 4) is 0 Å². The Labute approximate surface area is 103 Å². The number of allylic oxidation sites excluding steroid dienone is 3. The van der Waals surface area contributed by atoms with Crippen molar-refractivity contribution in [1.29, 1.82) is 0 Å². The van der Waals surface area contributed by atoms with Gasteiger partial charge < -0.3 is 9.64 Å². The first-order valence-corrected chi connectivity index (χ1v) is 5.70. The van der Waals surface area contributed by atoms with Gasteiger partial charge in [-0.3, -0.25) is 0 Å². The fourth-order valence-corrected chi connectivity index (χ4v) is 1.85. The average molecular weight is 233 g/mol. The van der Waals surface area contributed by atoms with Crippen LogP contribution in [0.2, 0.25) is 0 Å². The van der Waals surface area contributed by atoms with Crippen molar-refractivity contribution in [2.45, 2.75) is 19.3 Å². The number of esters is 1. The van der Waals surface area contributed by atoms with Crippen molar-refractivity contribution in [2.75, 3.05) is 13.7 Å². The maximum absolute atomic E-state index is 11.7. The van der Waals surface area contributed by atoms with Crippen molar-refractivity contribution in [1.82, 2.24) is 4.90 Å². The third-order valence-corrected chi connectivity index (χ3v) is 2.65. The monoisotopic (exact) mass is 233 g/mol. The summed E-state index contributed by atoms with van der Waals surface area (Å²) in [6.45, 7) is 8.13. The average Bonchev–Trinajstić information content (AvgIpc) is 2.36. The summed E-state index contributed by atoms with van der Waals surface area (Å²) in [5.41, 5.74) is 1.75. The lowest BCUT2D eigenvalue weighted by molar-refractivity contribution is -0.136. The minimum Gasteiger partial charge on any atom is -0.466 e.